The van der Waals surface area contributed by atoms with Crippen molar-refractivity contribution >= 4 is 11.9 Å². The number of esters is 1. The molecule has 5 nitrogen and oxygen atoms in total. The molecule has 0 aromatic heterocycles. The van der Waals surface area contributed by atoms with Crippen LogP contribution in [0.4, 0.5) is 0 Å². The van der Waals surface area contributed by atoms with E-state index in [-0.39, 0.29) is 12.5 Å². The van der Waals surface area contributed by atoms with Crippen molar-refractivity contribution in [3.05, 3.63) is 34.9 Å². The molecule has 0 aliphatic heterocycles. The van der Waals surface area contributed by atoms with Gasteiger partial charge in [0.15, 0.2) is 6.10 Å². The molecule has 5 heteroatoms. The molecule has 0 aliphatic carbocycles. The quantitative estimate of drug-likeness (QED) is 0.832. The predicted octanol–water partition coefficient (Wildman–Crippen LogP) is 1.49. The highest BCUT2D eigenvalue weighted by molar-refractivity contribution is 5.96. The molecule has 0 radical (unpaired) electrons. The Morgan fingerprint density at radius 2 is 1.89 bits per heavy atom. The minimum atomic E-state index is -0.814. The maximum absolute atomic E-state index is 11.8. The molecule has 0 fully saturated rings. The summed E-state index contributed by atoms with van der Waals surface area (Å²) >= 11 is 0. The molecule has 1 rings (SSSR count). The van der Waals surface area contributed by atoms with E-state index in [0.29, 0.717) is 5.56 Å². The minimum absolute atomic E-state index is 0.252. The zero-order chi connectivity index (χ0) is 14.4. The third-order valence-corrected chi connectivity index (χ3v) is 2.37. The first-order valence-corrected chi connectivity index (χ1v) is 5.88. The van der Waals surface area contributed by atoms with Crippen molar-refractivity contribution in [3.63, 3.8) is 0 Å². The van der Waals surface area contributed by atoms with Gasteiger partial charge in [0.2, 0.25) is 0 Å². The maximum atomic E-state index is 11.8. The molecule has 0 aliphatic rings. The van der Waals surface area contributed by atoms with E-state index >= 15 is 0 Å². The van der Waals surface area contributed by atoms with Crippen molar-refractivity contribution in [2.24, 2.45) is 0 Å². The minimum Gasteiger partial charge on any atom is -0.446 e. The number of amides is 1. The summed E-state index contributed by atoms with van der Waals surface area (Å²) in [6.07, 6.45) is -0.814. The van der Waals surface area contributed by atoms with E-state index in [1.165, 1.54) is 6.92 Å². The van der Waals surface area contributed by atoms with E-state index in [9.17, 15) is 9.59 Å². The number of nitriles is 1. The molecule has 1 atom stereocenters. The standard InChI is InChI=1S/C14H16N2O3/c1-9-4-10(2)6-12(5-9)14(18)16-8-13(17)19-11(3)7-15/h4-6,11H,8H2,1-3H3,(H,16,18)/t11-/m0/s1. The normalized spacial score (nSPS) is 11.3. The number of hydrogen-bond donors (Lipinski definition) is 1. The lowest BCUT2D eigenvalue weighted by Gasteiger charge is -2.08. The van der Waals surface area contributed by atoms with Crippen molar-refractivity contribution in [1.82, 2.24) is 5.32 Å². The smallest absolute Gasteiger partial charge is 0.326 e. The van der Waals surface area contributed by atoms with Crippen LogP contribution in [0.2, 0.25) is 0 Å². The van der Waals surface area contributed by atoms with Crippen LogP contribution in [-0.2, 0) is 9.53 Å². The number of hydrogen-bond acceptors (Lipinski definition) is 4. The Balaban J connectivity index is 2.56. The van der Waals surface area contributed by atoms with Crippen molar-refractivity contribution < 1.29 is 14.3 Å². The molecule has 1 aromatic carbocycles. The molecule has 100 valence electrons. The number of carbonyl (C=O) groups is 2. The van der Waals surface area contributed by atoms with Crippen LogP contribution in [0.5, 0.6) is 0 Å². The second-order valence-electron chi connectivity index (χ2n) is 4.32. The van der Waals surface area contributed by atoms with E-state index in [1.807, 2.05) is 19.9 Å². The Hall–Kier alpha value is -2.35. The lowest BCUT2D eigenvalue weighted by molar-refractivity contribution is -0.144. The van der Waals surface area contributed by atoms with Gasteiger partial charge in [0.1, 0.15) is 12.6 Å². The number of nitrogens with zero attached hydrogens (tertiary/aromatic N) is 1. The van der Waals surface area contributed by atoms with Crippen LogP contribution >= 0.6 is 0 Å². The number of rotatable bonds is 4. The molecule has 0 saturated carbocycles. The van der Waals surface area contributed by atoms with Gasteiger partial charge < -0.3 is 10.1 Å². The van der Waals surface area contributed by atoms with E-state index < -0.39 is 12.1 Å². The summed E-state index contributed by atoms with van der Waals surface area (Å²) in [4.78, 5) is 23.1. The highest BCUT2D eigenvalue weighted by atomic mass is 16.5. The summed E-state index contributed by atoms with van der Waals surface area (Å²) < 4.78 is 4.72. The summed E-state index contributed by atoms with van der Waals surface area (Å²) in [5.41, 5.74) is 2.45. The largest absolute Gasteiger partial charge is 0.446 e. The Morgan fingerprint density at radius 3 is 2.42 bits per heavy atom. The van der Waals surface area contributed by atoms with Crippen LogP contribution in [0, 0.1) is 25.2 Å². The zero-order valence-electron chi connectivity index (χ0n) is 11.2. The van der Waals surface area contributed by atoms with Gasteiger partial charge in [-0.1, -0.05) is 17.2 Å². The molecule has 19 heavy (non-hydrogen) atoms. The average molecular weight is 260 g/mol. The van der Waals surface area contributed by atoms with Gasteiger partial charge in [-0.2, -0.15) is 5.26 Å². The second-order valence-corrected chi connectivity index (χ2v) is 4.32. The highest BCUT2D eigenvalue weighted by Gasteiger charge is 2.11. The zero-order valence-corrected chi connectivity index (χ0v) is 11.2. The van der Waals surface area contributed by atoms with E-state index in [0.717, 1.165) is 11.1 Å². The van der Waals surface area contributed by atoms with E-state index in [1.54, 1.807) is 18.2 Å². The number of aryl methyl sites for hydroxylation is 2. The molecule has 1 N–H and O–H groups in total. The van der Waals surface area contributed by atoms with E-state index in [4.69, 9.17) is 10.00 Å². The van der Waals surface area contributed by atoms with Crippen molar-refractivity contribution in [1.29, 1.82) is 5.26 Å². The van der Waals surface area contributed by atoms with Gasteiger partial charge in [0.25, 0.3) is 5.91 Å². The first-order valence-electron chi connectivity index (χ1n) is 5.88. The molecule has 1 aromatic rings. The van der Waals surface area contributed by atoms with Crippen LogP contribution in [-0.4, -0.2) is 24.5 Å². The molecule has 0 spiro atoms. The molecule has 0 unspecified atom stereocenters. The second kappa shape index (κ2) is 6.55. The van der Waals surface area contributed by atoms with Gasteiger partial charge in [0, 0.05) is 5.56 Å². The van der Waals surface area contributed by atoms with Crippen LogP contribution in [0.1, 0.15) is 28.4 Å². The lowest BCUT2D eigenvalue weighted by atomic mass is 10.1. The Labute approximate surface area is 112 Å². The summed E-state index contributed by atoms with van der Waals surface area (Å²) in [6.45, 7) is 5.00. The fourth-order valence-electron chi connectivity index (χ4n) is 1.63. The fourth-order valence-corrected chi connectivity index (χ4v) is 1.63. The highest BCUT2D eigenvalue weighted by Crippen LogP contribution is 2.08. The monoisotopic (exact) mass is 260 g/mol. The van der Waals surface area contributed by atoms with Crippen molar-refractivity contribution in [2.75, 3.05) is 6.54 Å². The topological polar surface area (TPSA) is 79.2 Å². The van der Waals surface area contributed by atoms with Gasteiger partial charge in [-0.25, -0.2) is 0 Å². The van der Waals surface area contributed by atoms with Gasteiger partial charge >= 0.3 is 5.97 Å². The summed E-state index contributed by atoms with van der Waals surface area (Å²) in [5.74, 6) is -0.972. The SMILES string of the molecule is Cc1cc(C)cc(C(=O)NCC(=O)O[C@@H](C)C#N)c1. The van der Waals surface area contributed by atoms with E-state index in [2.05, 4.69) is 5.32 Å². The number of nitrogens with one attached hydrogen (secondary N) is 1. The maximum Gasteiger partial charge on any atom is 0.326 e. The summed E-state index contributed by atoms with van der Waals surface area (Å²) in [6, 6.07) is 7.22. The third-order valence-electron chi connectivity index (χ3n) is 2.37. The van der Waals surface area contributed by atoms with Crippen LogP contribution in [0.15, 0.2) is 18.2 Å². The Kier molecular flexibility index (Phi) is 5.07. The first kappa shape index (κ1) is 14.7. The summed E-state index contributed by atoms with van der Waals surface area (Å²) in [7, 11) is 0. The Bertz CT molecular complexity index is 512. The van der Waals surface area contributed by atoms with Crippen molar-refractivity contribution in [2.45, 2.75) is 26.9 Å². The predicted molar refractivity (Wildman–Crippen MR) is 69.4 cm³/mol. The molecular weight excluding hydrogens is 244 g/mol. The van der Waals surface area contributed by atoms with Gasteiger partial charge in [0.05, 0.1) is 0 Å². The number of benzene rings is 1. The van der Waals surface area contributed by atoms with Gasteiger partial charge in [-0.15, -0.1) is 0 Å². The lowest BCUT2D eigenvalue weighted by Crippen LogP contribution is -2.32. The molecule has 0 saturated heterocycles. The number of carbonyl (C=O) groups excluding carboxylic acids is 2. The summed E-state index contributed by atoms with van der Waals surface area (Å²) in [5, 5.41) is 10.9. The van der Waals surface area contributed by atoms with Crippen LogP contribution < -0.4 is 5.32 Å². The third kappa shape index (κ3) is 4.80. The Morgan fingerprint density at radius 1 is 1.32 bits per heavy atom. The van der Waals surface area contributed by atoms with Gasteiger partial charge in [-0.3, -0.25) is 9.59 Å². The van der Waals surface area contributed by atoms with Gasteiger partial charge in [-0.05, 0) is 32.9 Å². The molecule has 1 amide bonds. The molecular formula is C14H16N2O3. The first-order chi connectivity index (χ1) is 8.92. The number of ether oxygens (including phenoxy) is 1. The molecule has 0 heterocycles. The average Bonchev–Trinajstić information content (AvgIpc) is 2.34. The van der Waals surface area contributed by atoms with Crippen LogP contribution in [0.3, 0.4) is 0 Å². The molecule has 0 bridgehead atoms. The van der Waals surface area contributed by atoms with Crippen LogP contribution in [0.25, 0.3) is 0 Å². The van der Waals surface area contributed by atoms with Crippen molar-refractivity contribution in [3.8, 4) is 6.07 Å². The fraction of sp³-hybridized carbons (Fsp3) is 0.357.